The molecule has 0 bridgehead atoms. The minimum absolute atomic E-state index is 0.0192. The number of hydrogen-bond donors (Lipinski definition) is 0. The molecule has 5 rings (SSSR count). The second-order valence-corrected chi connectivity index (χ2v) is 11.3. The Balaban J connectivity index is 1.47. The van der Waals surface area contributed by atoms with Gasteiger partial charge >= 0.3 is 0 Å². The van der Waals surface area contributed by atoms with Gasteiger partial charge in [-0.1, -0.05) is 24.0 Å². The minimum Gasteiger partial charge on any atom is -0.376 e. The molecule has 3 aliphatic heterocycles. The Morgan fingerprint density at radius 3 is 2.50 bits per heavy atom. The number of pyridine rings is 1. The summed E-state index contributed by atoms with van der Waals surface area (Å²) in [7, 11) is 1.66. The molecular weight excluding hydrogens is 525 g/mol. The summed E-state index contributed by atoms with van der Waals surface area (Å²) >= 11 is 6.76. The van der Waals surface area contributed by atoms with Crippen molar-refractivity contribution in [2.75, 3.05) is 49.1 Å². The molecule has 1 aromatic heterocycles. The normalized spacial score (nSPS) is 21.1. The van der Waals surface area contributed by atoms with E-state index < -0.39 is 0 Å². The Bertz CT molecular complexity index is 1400. The molecule has 3 aliphatic rings. The number of thiocarbonyl (C=S) groups is 1. The van der Waals surface area contributed by atoms with Crippen LogP contribution in [0.5, 0.6) is 0 Å². The summed E-state index contributed by atoms with van der Waals surface area (Å²) in [6, 6.07) is 8.46. The maximum Gasteiger partial charge on any atom is 0.270 e. The number of piperazine rings is 1. The summed E-state index contributed by atoms with van der Waals surface area (Å²) in [5, 5.41) is 9.74. The molecule has 4 heterocycles. The Hall–Kier alpha value is -3.20. The van der Waals surface area contributed by atoms with E-state index >= 15 is 0 Å². The van der Waals surface area contributed by atoms with Crippen molar-refractivity contribution in [1.29, 1.82) is 5.26 Å². The van der Waals surface area contributed by atoms with Gasteiger partial charge in [0.1, 0.15) is 27.6 Å². The third kappa shape index (κ3) is 4.96. The van der Waals surface area contributed by atoms with Gasteiger partial charge < -0.3 is 14.5 Å². The molecule has 38 heavy (non-hydrogen) atoms. The highest BCUT2D eigenvalue weighted by Gasteiger charge is 2.35. The number of anilines is 2. The van der Waals surface area contributed by atoms with E-state index in [1.165, 1.54) is 28.5 Å². The number of ether oxygens (including phenoxy) is 1. The van der Waals surface area contributed by atoms with Crippen molar-refractivity contribution in [2.24, 2.45) is 7.05 Å². The molecule has 3 fully saturated rings. The molecule has 8 nitrogen and oxygen atoms in total. The van der Waals surface area contributed by atoms with E-state index in [4.69, 9.17) is 17.0 Å². The number of hydrogen-bond acceptors (Lipinski definition) is 8. The van der Waals surface area contributed by atoms with Crippen LogP contribution in [0, 0.1) is 24.1 Å². The fourth-order valence-corrected chi connectivity index (χ4v) is 6.46. The van der Waals surface area contributed by atoms with Gasteiger partial charge in [0.15, 0.2) is 0 Å². The smallest absolute Gasteiger partial charge is 0.270 e. The lowest BCUT2D eigenvalue weighted by molar-refractivity contribution is -0.123. The van der Waals surface area contributed by atoms with Gasteiger partial charge in [0, 0.05) is 51.1 Å². The lowest BCUT2D eigenvalue weighted by Crippen LogP contribution is -2.48. The van der Waals surface area contributed by atoms with Crippen molar-refractivity contribution < 1.29 is 13.9 Å². The number of benzene rings is 1. The average molecular weight is 554 g/mol. The van der Waals surface area contributed by atoms with Crippen LogP contribution in [0.4, 0.5) is 15.9 Å². The van der Waals surface area contributed by atoms with Crippen LogP contribution in [-0.4, -0.2) is 65.1 Å². The van der Waals surface area contributed by atoms with E-state index in [1.54, 1.807) is 37.1 Å². The van der Waals surface area contributed by atoms with Crippen LogP contribution in [0.25, 0.3) is 6.08 Å². The fourth-order valence-electron chi connectivity index (χ4n) is 5.20. The number of amides is 1. The molecule has 1 atom stereocenters. The third-order valence-electron chi connectivity index (χ3n) is 7.30. The van der Waals surface area contributed by atoms with Gasteiger partial charge in [-0.2, -0.15) is 5.26 Å². The molecule has 2 aromatic rings. The molecule has 0 N–H and O–H groups in total. The second kappa shape index (κ2) is 10.9. The zero-order chi connectivity index (χ0) is 27.0. The highest BCUT2D eigenvalue weighted by molar-refractivity contribution is 8.26. The summed E-state index contributed by atoms with van der Waals surface area (Å²) in [5.74, 6) is 0.199. The lowest BCUT2D eigenvalue weighted by Gasteiger charge is -2.38. The number of nitrogens with zero attached hydrogens (tertiary/aromatic N) is 5. The Morgan fingerprint density at radius 2 is 1.87 bits per heavy atom. The first-order valence-corrected chi connectivity index (χ1v) is 13.8. The summed E-state index contributed by atoms with van der Waals surface area (Å²) in [4.78, 5) is 32.8. The van der Waals surface area contributed by atoms with Crippen LogP contribution in [0.2, 0.25) is 0 Å². The van der Waals surface area contributed by atoms with Gasteiger partial charge in [-0.25, -0.2) is 4.39 Å². The molecule has 0 aliphatic carbocycles. The maximum absolute atomic E-state index is 13.4. The van der Waals surface area contributed by atoms with Crippen LogP contribution in [-0.2, 0) is 16.6 Å². The standard InChI is InChI=1S/C27H28FN5O3S2/c1-17-21(14-23-26(35)33(27(37)38-23)16-20-4-3-13-36-20)24(30(2)25(34)22(17)15-29)32-11-9-31(10-12-32)19-7-5-18(28)6-8-19/h5-8,14,20H,3-4,9-13,16H2,1-2H3. The fraction of sp³-hybridized carbons (Fsp3) is 0.407. The molecule has 0 saturated carbocycles. The molecular formula is C27H28FN5O3S2. The molecule has 0 radical (unpaired) electrons. The Morgan fingerprint density at radius 1 is 1.18 bits per heavy atom. The topological polar surface area (TPSA) is 81.8 Å². The van der Waals surface area contributed by atoms with E-state index in [2.05, 4.69) is 9.80 Å². The van der Waals surface area contributed by atoms with Crippen molar-refractivity contribution >= 4 is 51.8 Å². The van der Waals surface area contributed by atoms with Gasteiger partial charge in [0.05, 0.1) is 17.6 Å². The van der Waals surface area contributed by atoms with E-state index in [0.717, 1.165) is 18.5 Å². The number of aromatic nitrogens is 1. The van der Waals surface area contributed by atoms with Gasteiger partial charge in [-0.3, -0.25) is 19.1 Å². The van der Waals surface area contributed by atoms with Crippen LogP contribution in [0.15, 0.2) is 34.0 Å². The van der Waals surface area contributed by atoms with E-state index in [9.17, 15) is 19.2 Å². The Labute approximate surface area is 230 Å². The monoisotopic (exact) mass is 553 g/mol. The first kappa shape index (κ1) is 26.4. The van der Waals surface area contributed by atoms with Crippen LogP contribution in [0.1, 0.15) is 29.5 Å². The summed E-state index contributed by atoms with van der Waals surface area (Å²) in [6.07, 6.45) is 3.62. The van der Waals surface area contributed by atoms with E-state index in [-0.39, 0.29) is 29.0 Å². The third-order valence-corrected chi connectivity index (χ3v) is 8.68. The van der Waals surface area contributed by atoms with Crippen molar-refractivity contribution in [3.63, 3.8) is 0 Å². The molecule has 0 spiro atoms. The molecule has 1 unspecified atom stereocenters. The number of carbonyl (C=O) groups excluding carboxylic acids is 1. The SMILES string of the molecule is Cc1c(C=C2SC(=S)N(CC3CCCO3)C2=O)c(N2CCN(c3ccc(F)cc3)CC2)n(C)c(=O)c1C#N. The predicted molar refractivity (Wildman–Crippen MR) is 151 cm³/mol. The molecule has 1 aromatic carbocycles. The average Bonchev–Trinajstić information content (AvgIpc) is 3.52. The summed E-state index contributed by atoms with van der Waals surface area (Å²) < 4.78 is 21.1. The zero-order valence-electron chi connectivity index (χ0n) is 21.3. The largest absolute Gasteiger partial charge is 0.376 e. The van der Waals surface area contributed by atoms with Gasteiger partial charge in [-0.15, -0.1) is 0 Å². The van der Waals surface area contributed by atoms with Gasteiger partial charge in [-0.05, 0) is 55.7 Å². The summed E-state index contributed by atoms with van der Waals surface area (Å²) in [6.45, 7) is 5.42. The van der Waals surface area contributed by atoms with Crippen molar-refractivity contribution in [1.82, 2.24) is 9.47 Å². The maximum atomic E-state index is 13.4. The first-order chi connectivity index (χ1) is 18.3. The number of carbonyl (C=O) groups is 1. The second-order valence-electron chi connectivity index (χ2n) is 9.59. The van der Waals surface area contributed by atoms with E-state index in [0.29, 0.717) is 65.5 Å². The zero-order valence-corrected chi connectivity index (χ0v) is 22.9. The summed E-state index contributed by atoms with van der Waals surface area (Å²) in [5.41, 5.74) is 1.82. The molecule has 1 amide bonds. The van der Waals surface area contributed by atoms with Crippen molar-refractivity contribution in [2.45, 2.75) is 25.9 Å². The van der Waals surface area contributed by atoms with Gasteiger partial charge in [0.25, 0.3) is 11.5 Å². The Kier molecular flexibility index (Phi) is 7.56. The number of halogens is 1. The number of rotatable bonds is 5. The molecule has 198 valence electrons. The van der Waals surface area contributed by atoms with E-state index in [1.807, 2.05) is 6.07 Å². The number of thioether (sulfide) groups is 1. The first-order valence-electron chi connectivity index (χ1n) is 12.5. The lowest BCUT2D eigenvalue weighted by atomic mass is 10.0. The highest BCUT2D eigenvalue weighted by Crippen LogP contribution is 2.36. The van der Waals surface area contributed by atoms with Gasteiger partial charge in [0.2, 0.25) is 0 Å². The van der Waals surface area contributed by atoms with Crippen molar-refractivity contribution in [3.8, 4) is 6.07 Å². The molecule has 11 heteroatoms. The van der Waals surface area contributed by atoms with Crippen LogP contribution in [0.3, 0.4) is 0 Å². The number of nitriles is 1. The minimum atomic E-state index is -0.371. The quantitative estimate of drug-likeness (QED) is 0.412. The highest BCUT2D eigenvalue weighted by atomic mass is 32.2. The van der Waals surface area contributed by atoms with Crippen LogP contribution < -0.4 is 15.4 Å². The van der Waals surface area contributed by atoms with Crippen molar-refractivity contribution in [3.05, 3.63) is 62.0 Å². The molecule has 3 saturated heterocycles. The van der Waals surface area contributed by atoms with Crippen LogP contribution >= 0.6 is 24.0 Å². The predicted octanol–water partition coefficient (Wildman–Crippen LogP) is 3.41.